The van der Waals surface area contributed by atoms with Crippen molar-refractivity contribution in [3.8, 4) is 0 Å². The molecule has 0 unspecified atom stereocenters. The second kappa shape index (κ2) is 12.9. The predicted octanol–water partition coefficient (Wildman–Crippen LogP) is 8.16. The first-order valence-electron chi connectivity index (χ1n) is 12.2. The van der Waals surface area contributed by atoms with Gasteiger partial charge in [-0.3, -0.25) is 9.78 Å². The molecule has 4 rings (SSSR count). The van der Waals surface area contributed by atoms with E-state index in [0.717, 1.165) is 30.5 Å². The van der Waals surface area contributed by atoms with Gasteiger partial charge in [0.05, 0.1) is 0 Å². The molecule has 1 aromatic heterocycles. The highest BCUT2D eigenvalue weighted by Crippen LogP contribution is 2.24. The number of carbonyl (C=O) groups is 1. The Kier molecular flexibility index (Phi) is 10.3. The Morgan fingerprint density at radius 2 is 1.79 bits per heavy atom. The van der Waals surface area contributed by atoms with Crippen molar-refractivity contribution in [1.29, 1.82) is 0 Å². The molecule has 0 N–H and O–H groups in total. The normalized spacial score (nSPS) is 12.8. The number of Topliss-reactive ketones (excluding diaryl/α,β-unsaturated/α-hetero) is 1. The fraction of sp³-hybridized carbons (Fsp3) is 0.355. The molecule has 0 fully saturated rings. The highest BCUT2D eigenvalue weighted by Gasteiger charge is 2.16. The first-order valence-corrected chi connectivity index (χ1v) is 12.2. The van der Waals surface area contributed by atoms with Gasteiger partial charge in [-0.2, -0.15) is 0 Å². The van der Waals surface area contributed by atoms with E-state index in [1.807, 2.05) is 40.0 Å². The number of benzene rings is 2. The largest absolute Gasteiger partial charge is 0.299 e. The summed E-state index contributed by atoms with van der Waals surface area (Å²) in [6.07, 6.45) is 10.5. The van der Waals surface area contributed by atoms with Gasteiger partial charge in [-0.1, -0.05) is 70.2 Å². The third-order valence-electron chi connectivity index (χ3n) is 5.96. The SMILES string of the molecule is C=C/C(=C\C)c1ccc2cnc(C)cc2c1.CC.CCCc1cc2c(cc1C)CCC(=O)C2. The summed E-state index contributed by atoms with van der Waals surface area (Å²) in [5.41, 5.74) is 8.90. The first kappa shape index (κ1) is 26.3. The van der Waals surface area contributed by atoms with E-state index in [0.29, 0.717) is 12.2 Å². The highest BCUT2D eigenvalue weighted by atomic mass is 16.1. The van der Waals surface area contributed by atoms with E-state index in [2.05, 4.69) is 67.9 Å². The molecule has 0 radical (unpaired) electrons. The van der Waals surface area contributed by atoms with E-state index in [-0.39, 0.29) is 0 Å². The molecular formula is C31H39NO. The lowest BCUT2D eigenvalue weighted by Gasteiger charge is -2.17. The van der Waals surface area contributed by atoms with Gasteiger partial charge in [0.25, 0.3) is 0 Å². The zero-order valence-corrected chi connectivity index (χ0v) is 21.3. The van der Waals surface area contributed by atoms with Crippen molar-refractivity contribution in [2.75, 3.05) is 0 Å². The minimum atomic E-state index is 0.397. The van der Waals surface area contributed by atoms with Crippen molar-refractivity contribution >= 4 is 22.1 Å². The van der Waals surface area contributed by atoms with Crippen molar-refractivity contribution in [2.24, 2.45) is 0 Å². The van der Waals surface area contributed by atoms with Crippen LogP contribution < -0.4 is 0 Å². The topological polar surface area (TPSA) is 30.0 Å². The quantitative estimate of drug-likeness (QED) is 0.382. The Balaban J connectivity index is 0.000000218. The summed E-state index contributed by atoms with van der Waals surface area (Å²) < 4.78 is 0. The number of allylic oxidation sites excluding steroid dienone is 3. The number of fused-ring (bicyclic) bond motifs is 2. The van der Waals surface area contributed by atoms with Crippen molar-refractivity contribution < 1.29 is 4.79 Å². The van der Waals surface area contributed by atoms with Crippen LogP contribution in [0.4, 0.5) is 0 Å². The number of rotatable bonds is 4. The van der Waals surface area contributed by atoms with Gasteiger partial charge in [0.15, 0.2) is 0 Å². The van der Waals surface area contributed by atoms with Crippen LogP contribution in [-0.2, 0) is 24.1 Å². The van der Waals surface area contributed by atoms with Gasteiger partial charge in [0.1, 0.15) is 5.78 Å². The van der Waals surface area contributed by atoms with Gasteiger partial charge < -0.3 is 0 Å². The summed E-state index contributed by atoms with van der Waals surface area (Å²) in [6, 6.07) is 13.0. The first-order chi connectivity index (χ1) is 15.9. The average molecular weight is 442 g/mol. The van der Waals surface area contributed by atoms with Crippen LogP contribution in [0.25, 0.3) is 16.3 Å². The minimum absolute atomic E-state index is 0.397. The van der Waals surface area contributed by atoms with Crippen LogP contribution >= 0.6 is 0 Å². The molecule has 1 heterocycles. The molecule has 1 aliphatic carbocycles. The average Bonchev–Trinajstić information content (AvgIpc) is 2.82. The number of aryl methyl sites for hydroxylation is 4. The van der Waals surface area contributed by atoms with Crippen molar-refractivity contribution in [3.05, 3.63) is 94.8 Å². The standard InChI is InChI=1S/C15H15N.C14H18O.C2H6/c1-4-12(5-2)13-6-7-14-10-16-11(3)8-15(14)9-13;1-3-4-11-8-13-9-14(15)6-5-12(13)7-10(11)2;1-2/h4-10H,1H2,2-3H3;7-8H,3-6,9H2,1-2H3;1-2H3/b12-5+;;. The molecule has 3 aromatic rings. The van der Waals surface area contributed by atoms with E-state index in [4.69, 9.17) is 0 Å². The van der Waals surface area contributed by atoms with Crippen LogP contribution in [0.5, 0.6) is 0 Å². The van der Waals surface area contributed by atoms with Gasteiger partial charge in [-0.05, 0) is 84.5 Å². The van der Waals surface area contributed by atoms with Crippen LogP contribution in [0.1, 0.15) is 74.0 Å². The maximum absolute atomic E-state index is 11.4. The molecule has 0 bridgehead atoms. The molecule has 2 aromatic carbocycles. The second-order valence-electron chi connectivity index (χ2n) is 8.35. The molecule has 33 heavy (non-hydrogen) atoms. The zero-order chi connectivity index (χ0) is 24.4. The number of nitrogens with zero attached hydrogens (tertiary/aromatic N) is 1. The lowest BCUT2D eigenvalue weighted by atomic mass is 9.87. The molecule has 2 heteroatoms. The summed E-state index contributed by atoms with van der Waals surface area (Å²) >= 11 is 0. The van der Waals surface area contributed by atoms with Gasteiger partial charge in [0.2, 0.25) is 0 Å². The number of aromatic nitrogens is 1. The van der Waals surface area contributed by atoms with E-state index < -0.39 is 0 Å². The number of pyridine rings is 1. The van der Waals surface area contributed by atoms with E-state index in [1.165, 1.54) is 45.0 Å². The van der Waals surface area contributed by atoms with E-state index in [9.17, 15) is 4.79 Å². The third-order valence-corrected chi connectivity index (χ3v) is 5.96. The van der Waals surface area contributed by atoms with Gasteiger partial charge in [-0.15, -0.1) is 0 Å². The predicted molar refractivity (Wildman–Crippen MR) is 144 cm³/mol. The van der Waals surface area contributed by atoms with E-state index >= 15 is 0 Å². The molecule has 0 aliphatic heterocycles. The Labute approximate surface area is 200 Å². The Hall–Kier alpha value is -3.00. The summed E-state index contributed by atoms with van der Waals surface area (Å²) in [6.45, 7) is 16.2. The second-order valence-corrected chi connectivity index (χ2v) is 8.35. The molecule has 0 saturated carbocycles. The number of hydrogen-bond acceptors (Lipinski definition) is 2. The fourth-order valence-corrected chi connectivity index (χ4v) is 4.21. The highest BCUT2D eigenvalue weighted by molar-refractivity contribution is 5.87. The molecule has 0 atom stereocenters. The van der Waals surface area contributed by atoms with Gasteiger partial charge in [-0.25, -0.2) is 0 Å². The van der Waals surface area contributed by atoms with Crippen LogP contribution in [0.3, 0.4) is 0 Å². The Bertz CT molecular complexity index is 1140. The summed E-state index contributed by atoms with van der Waals surface area (Å²) in [7, 11) is 0. The summed E-state index contributed by atoms with van der Waals surface area (Å²) in [5, 5.41) is 2.40. The molecule has 0 saturated heterocycles. The van der Waals surface area contributed by atoms with Crippen molar-refractivity contribution in [1.82, 2.24) is 4.98 Å². The zero-order valence-electron chi connectivity index (χ0n) is 21.3. The van der Waals surface area contributed by atoms with Crippen LogP contribution in [-0.4, -0.2) is 10.8 Å². The third kappa shape index (κ3) is 6.99. The Morgan fingerprint density at radius 1 is 1.03 bits per heavy atom. The summed E-state index contributed by atoms with van der Waals surface area (Å²) in [4.78, 5) is 15.7. The maximum atomic E-state index is 11.4. The molecule has 0 amide bonds. The molecule has 174 valence electrons. The molecule has 2 nitrogen and oxygen atoms in total. The summed E-state index contributed by atoms with van der Waals surface area (Å²) in [5.74, 6) is 0.397. The minimum Gasteiger partial charge on any atom is -0.299 e. The molecule has 0 spiro atoms. The van der Waals surface area contributed by atoms with Crippen LogP contribution in [0.15, 0.2) is 61.3 Å². The maximum Gasteiger partial charge on any atom is 0.137 e. The van der Waals surface area contributed by atoms with Crippen LogP contribution in [0.2, 0.25) is 0 Å². The lowest BCUT2D eigenvalue weighted by Crippen LogP contribution is -2.14. The monoisotopic (exact) mass is 441 g/mol. The molecular weight excluding hydrogens is 402 g/mol. The van der Waals surface area contributed by atoms with Crippen molar-refractivity contribution in [2.45, 2.75) is 73.6 Å². The van der Waals surface area contributed by atoms with Gasteiger partial charge in [0, 0.05) is 30.1 Å². The van der Waals surface area contributed by atoms with E-state index in [1.54, 1.807) is 0 Å². The van der Waals surface area contributed by atoms with Crippen molar-refractivity contribution in [3.63, 3.8) is 0 Å². The van der Waals surface area contributed by atoms with Gasteiger partial charge >= 0.3 is 0 Å². The van der Waals surface area contributed by atoms with Crippen LogP contribution in [0, 0.1) is 13.8 Å². The number of hydrogen-bond donors (Lipinski definition) is 0. The molecule has 1 aliphatic rings. The lowest BCUT2D eigenvalue weighted by molar-refractivity contribution is -0.118. The smallest absolute Gasteiger partial charge is 0.137 e. The number of ketones is 1. The Morgan fingerprint density at radius 3 is 2.45 bits per heavy atom. The fourth-order valence-electron chi connectivity index (χ4n) is 4.21. The number of carbonyl (C=O) groups excluding carboxylic acids is 1.